The lowest BCUT2D eigenvalue weighted by Gasteiger charge is -2.16. The van der Waals surface area contributed by atoms with Crippen LogP contribution in [0.1, 0.15) is 12.5 Å². The van der Waals surface area contributed by atoms with Crippen molar-refractivity contribution in [1.29, 1.82) is 0 Å². The van der Waals surface area contributed by atoms with Crippen molar-refractivity contribution >= 4 is 12.4 Å². The topological polar surface area (TPSA) is 53.7 Å². The van der Waals surface area contributed by atoms with Gasteiger partial charge in [0.25, 0.3) is 0 Å². The van der Waals surface area contributed by atoms with Crippen LogP contribution in [0.3, 0.4) is 0 Å². The van der Waals surface area contributed by atoms with Crippen molar-refractivity contribution in [2.45, 2.75) is 13.3 Å². The molecule has 0 aliphatic rings. The molecule has 0 aliphatic heterocycles. The quantitative estimate of drug-likeness (QED) is 0.783. The fourth-order valence-corrected chi connectivity index (χ4v) is 1.58. The summed E-state index contributed by atoms with van der Waals surface area (Å²) in [5.41, 5.74) is 7.55. The zero-order chi connectivity index (χ0) is 13.5. The second kappa shape index (κ2) is 8.67. The second-order valence-electron chi connectivity index (χ2n) is 4.11. The van der Waals surface area contributed by atoms with Crippen molar-refractivity contribution in [3.8, 4) is 17.2 Å². The summed E-state index contributed by atoms with van der Waals surface area (Å²) >= 11 is 0. The van der Waals surface area contributed by atoms with Crippen molar-refractivity contribution in [2.75, 3.05) is 27.4 Å². The third kappa shape index (κ3) is 5.01. The summed E-state index contributed by atoms with van der Waals surface area (Å²) < 4.78 is 16.3. The molecule has 0 amide bonds. The Labute approximate surface area is 120 Å². The highest BCUT2D eigenvalue weighted by atomic mass is 35.5. The molecule has 0 aromatic heterocycles. The van der Waals surface area contributed by atoms with E-state index in [0.29, 0.717) is 30.4 Å². The van der Waals surface area contributed by atoms with E-state index >= 15 is 0 Å². The first-order valence-corrected chi connectivity index (χ1v) is 5.84. The molecule has 0 saturated heterocycles. The molecule has 0 radical (unpaired) electrons. The maximum Gasteiger partial charge on any atom is 0.203 e. The minimum atomic E-state index is 0. The normalized spacial score (nSPS) is 9.47. The van der Waals surface area contributed by atoms with E-state index < -0.39 is 0 Å². The summed E-state index contributed by atoms with van der Waals surface area (Å²) in [5.74, 6) is 1.90. The van der Waals surface area contributed by atoms with Gasteiger partial charge in [0.1, 0.15) is 6.61 Å². The Hall–Kier alpha value is -1.39. The summed E-state index contributed by atoms with van der Waals surface area (Å²) in [6.45, 7) is 6.72. The van der Waals surface area contributed by atoms with Crippen molar-refractivity contribution in [3.63, 3.8) is 0 Å². The molecule has 0 fully saturated rings. The van der Waals surface area contributed by atoms with Crippen LogP contribution in [-0.4, -0.2) is 27.4 Å². The summed E-state index contributed by atoms with van der Waals surface area (Å²) in [4.78, 5) is 0. The number of rotatable bonds is 7. The van der Waals surface area contributed by atoms with E-state index in [2.05, 4.69) is 6.58 Å². The molecule has 1 aromatic rings. The minimum Gasteiger partial charge on any atom is -0.493 e. The molecule has 0 heterocycles. The summed E-state index contributed by atoms with van der Waals surface area (Å²) in [7, 11) is 3.21. The Kier molecular flexibility index (Phi) is 8.03. The van der Waals surface area contributed by atoms with Gasteiger partial charge < -0.3 is 19.9 Å². The molecule has 19 heavy (non-hydrogen) atoms. The lowest BCUT2D eigenvalue weighted by molar-refractivity contribution is 0.295. The molecule has 0 atom stereocenters. The zero-order valence-electron chi connectivity index (χ0n) is 11.7. The van der Waals surface area contributed by atoms with Crippen LogP contribution in [0.15, 0.2) is 24.3 Å². The summed E-state index contributed by atoms with van der Waals surface area (Å²) in [5, 5.41) is 0. The molecule has 0 spiro atoms. The van der Waals surface area contributed by atoms with Crippen LogP contribution < -0.4 is 19.9 Å². The Balaban J connectivity index is 0.00000324. The van der Waals surface area contributed by atoms with Gasteiger partial charge in [0, 0.05) is 0 Å². The van der Waals surface area contributed by atoms with Crippen molar-refractivity contribution in [3.05, 3.63) is 29.8 Å². The standard InChI is InChI=1S/C14H21NO3.ClH/c1-10(2)9-18-14-12(16-3)7-11(5-6-15)8-13(14)17-4;/h7-8H,1,5-6,9,15H2,2-4H3;1H. The van der Waals surface area contributed by atoms with Gasteiger partial charge in [-0.2, -0.15) is 0 Å². The maximum absolute atomic E-state index is 5.66. The average Bonchev–Trinajstić information content (AvgIpc) is 2.36. The number of methoxy groups -OCH3 is 2. The lowest BCUT2D eigenvalue weighted by atomic mass is 10.1. The first-order valence-electron chi connectivity index (χ1n) is 5.84. The Morgan fingerprint density at radius 3 is 2.11 bits per heavy atom. The third-order valence-electron chi connectivity index (χ3n) is 2.42. The first-order chi connectivity index (χ1) is 8.62. The summed E-state index contributed by atoms with van der Waals surface area (Å²) in [6, 6.07) is 3.84. The van der Waals surface area contributed by atoms with E-state index in [1.54, 1.807) is 14.2 Å². The summed E-state index contributed by atoms with van der Waals surface area (Å²) in [6.07, 6.45) is 0.771. The van der Waals surface area contributed by atoms with Crippen LogP contribution in [0, 0.1) is 0 Å². The van der Waals surface area contributed by atoms with E-state index in [4.69, 9.17) is 19.9 Å². The van der Waals surface area contributed by atoms with Gasteiger partial charge in [-0.15, -0.1) is 12.4 Å². The Morgan fingerprint density at radius 2 is 1.74 bits per heavy atom. The second-order valence-corrected chi connectivity index (χ2v) is 4.11. The van der Waals surface area contributed by atoms with Crippen molar-refractivity contribution in [2.24, 2.45) is 5.73 Å². The lowest BCUT2D eigenvalue weighted by Crippen LogP contribution is -2.05. The van der Waals surface area contributed by atoms with Crippen LogP contribution in [0.4, 0.5) is 0 Å². The minimum absolute atomic E-state index is 0. The fraction of sp³-hybridized carbons (Fsp3) is 0.429. The van der Waals surface area contributed by atoms with Gasteiger partial charge in [-0.1, -0.05) is 6.58 Å². The fourth-order valence-electron chi connectivity index (χ4n) is 1.58. The number of halogens is 1. The molecular formula is C14H22ClNO3. The monoisotopic (exact) mass is 287 g/mol. The average molecular weight is 288 g/mol. The van der Waals surface area contributed by atoms with E-state index in [1.165, 1.54) is 0 Å². The number of benzene rings is 1. The molecule has 0 unspecified atom stereocenters. The highest BCUT2D eigenvalue weighted by Crippen LogP contribution is 2.38. The Bertz CT molecular complexity index is 396. The van der Waals surface area contributed by atoms with Gasteiger partial charge in [-0.05, 0) is 43.2 Å². The first kappa shape index (κ1) is 17.6. The number of nitrogens with two attached hydrogens (primary N) is 1. The van der Waals surface area contributed by atoms with Gasteiger partial charge in [0.2, 0.25) is 5.75 Å². The zero-order valence-corrected chi connectivity index (χ0v) is 12.5. The van der Waals surface area contributed by atoms with E-state index in [1.807, 2.05) is 19.1 Å². The molecule has 1 aromatic carbocycles. The van der Waals surface area contributed by atoms with Gasteiger partial charge >= 0.3 is 0 Å². The molecule has 0 bridgehead atoms. The van der Waals surface area contributed by atoms with Gasteiger partial charge in [-0.25, -0.2) is 0 Å². The van der Waals surface area contributed by atoms with E-state index in [-0.39, 0.29) is 12.4 Å². The van der Waals surface area contributed by atoms with Crippen LogP contribution in [-0.2, 0) is 6.42 Å². The molecule has 4 nitrogen and oxygen atoms in total. The Morgan fingerprint density at radius 1 is 1.21 bits per heavy atom. The van der Waals surface area contributed by atoms with Gasteiger partial charge in [0.15, 0.2) is 11.5 Å². The van der Waals surface area contributed by atoms with Crippen molar-refractivity contribution < 1.29 is 14.2 Å². The van der Waals surface area contributed by atoms with Gasteiger partial charge in [-0.3, -0.25) is 0 Å². The van der Waals surface area contributed by atoms with Crippen LogP contribution >= 0.6 is 12.4 Å². The van der Waals surface area contributed by atoms with E-state index in [0.717, 1.165) is 17.6 Å². The van der Waals surface area contributed by atoms with Crippen LogP contribution in [0.2, 0.25) is 0 Å². The predicted octanol–water partition coefficient (Wildman–Crippen LogP) is 2.58. The van der Waals surface area contributed by atoms with Crippen LogP contribution in [0.25, 0.3) is 0 Å². The molecule has 0 saturated carbocycles. The number of hydrogen-bond donors (Lipinski definition) is 1. The third-order valence-corrected chi connectivity index (χ3v) is 2.42. The SMILES string of the molecule is C=C(C)COc1c(OC)cc(CCN)cc1OC.Cl. The predicted molar refractivity (Wildman–Crippen MR) is 79.9 cm³/mol. The number of hydrogen-bond acceptors (Lipinski definition) is 4. The highest BCUT2D eigenvalue weighted by Gasteiger charge is 2.13. The molecular weight excluding hydrogens is 266 g/mol. The largest absolute Gasteiger partial charge is 0.493 e. The van der Waals surface area contributed by atoms with Gasteiger partial charge in [0.05, 0.1) is 14.2 Å². The smallest absolute Gasteiger partial charge is 0.203 e. The molecule has 2 N–H and O–H groups in total. The highest BCUT2D eigenvalue weighted by molar-refractivity contribution is 5.85. The number of ether oxygens (including phenoxy) is 3. The molecule has 5 heteroatoms. The van der Waals surface area contributed by atoms with Crippen molar-refractivity contribution in [1.82, 2.24) is 0 Å². The van der Waals surface area contributed by atoms with Crippen LogP contribution in [0.5, 0.6) is 17.2 Å². The maximum atomic E-state index is 5.66. The van der Waals surface area contributed by atoms with E-state index in [9.17, 15) is 0 Å². The molecule has 1 rings (SSSR count). The molecule has 108 valence electrons. The molecule has 0 aliphatic carbocycles.